The molecule has 0 saturated carbocycles. The number of rotatable bonds is 8. The molecule has 1 saturated heterocycles. The van der Waals surface area contributed by atoms with Crippen LogP contribution < -0.4 is 5.32 Å². The van der Waals surface area contributed by atoms with Crippen LogP contribution in [0.25, 0.3) is 0 Å². The number of aryl methyl sites for hydroxylation is 1. The smallest absolute Gasteiger partial charge is 0.254 e. The number of carbonyl (C=O) groups is 1. The highest BCUT2D eigenvalue weighted by Crippen LogP contribution is 2.29. The van der Waals surface area contributed by atoms with Crippen molar-refractivity contribution < 1.29 is 4.79 Å². The molecule has 3 heterocycles. The Morgan fingerprint density at radius 1 is 1.03 bits per heavy atom. The molecular formula is C26H31N5O. The number of carbonyl (C=O) groups excluding carboxylic acids is 1. The molecule has 1 aliphatic rings. The zero-order chi connectivity index (χ0) is 22.2. The highest BCUT2D eigenvalue weighted by Gasteiger charge is 2.26. The van der Waals surface area contributed by atoms with Crippen molar-refractivity contribution in [1.29, 1.82) is 0 Å². The Labute approximate surface area is 190 Å². The molecule has 1 N–H and O–H groups in total. The Morgan fingerprint density at radius 2 is 1.81 bits per heavy atom. The van der Waals surface area contributed by atoms with Crippen molar-refractivity contribution in [1.82, 2.24) is 25.2 Å². The van der Waals surface area contributed by atoms with Gasteiger partial charge in [0, 0.05) is 37.6 Å². The van der Waals surface area contributed by atoms with Crippen LogP contribution in [0, 0.1) is 6.92 Å². The van der Waals surface area contributed by atoms with Crippen LogP contribution in [0.15, 0.2) is 61.1 Å². The van der Waals surface area contributed by atoms with Gasteiger partial charge in [-0.1, -0.05) is 36.4 Å². The number of amides is 1. The molecule has 166 valence electrons. The molecule has 0 atom stereocenters. The summed E-state index contributed by atoms with van der Waals surface area (Å²) in [6.45, 7) is 5.56. The van der Waals surface area contributed by atoms with E-state index in [0.717, 1.165) is 56.8 Å². The van der Waals surface area contributed by atoms with Gasteiger partial charge in [-0.2, -0.15) is 0 Å². The molecule has 2 aromatic heterocycles. The first kappa shape index (κ1) is 22.1. The lowest BCUT2D eigenvalue weighted by Crippen LogP contribution is -2.35. The molecule has 0 spiro atoms. The van der Waals surface area contributed by atoms with Crippen molar-refractivity contribution >= 4 is 5.91 Å². The maximum absolute atomic E-state index is 12.9. The third kappa shape index (κ3) is 5.98. The third-order valence-electron chi connectivity index (χ3n) is 6.14. The fraction of sp³-hybridized carbons (Fsp3) is 0.385. The van der Waals surface area contributed by atoms with Gasteiger partial charge >= 0.3 is 0 Å². The van der Waals surface area contributed by atoms with Gasteiger partial charge < -0.3 is 10.2 Å². The quantitative estimate of drug-likeness (QED) is 0.593. The summed E-state index contributed by atoms with van der Waals surface area (Å²) in [5.74, 6) is 0.941. The predicted molar refractivity (Wildman–Crippen MR) is 126 cm³/mol. The monoisotopic (exact) mass is 429 g/mol. The maximum Gasteiger partial charge on any atom is 0.254 e. The number of benzene rings is 1. The molecule has 1 amide bonds. The minimum Gasteiger partial charge on any atom is -0.352 e. The first-order valence-corrected chi connectivity index (χ1v) is 11.5. The van der Waals surface area contributed by atoms with Crippen LogP contribution in [0.3, 0.4) is 0 Å². The second-order valence-electron chi connectivity index (χ2n) is 8.43. The SMILES string of the molecule is Cc1ncc(C(=O)NCCc2ccccc2)c(C2CCN(CCc3cccnc3)CC2)n1. The summed E-state index contributed by atoms with van der Waals surface area (Å²) in [5, 5.41) is 3.06. The lowest BCUT2D eigenvalue weighted by Gasteiger charge is -2.32. The highest BCUT2D eigenvalue weighted by molar-refractivity contribution is 5.95. The van der Waals surface area contributed by atoms with E-state index in [1.165, 1.54) is 11.1 Å². The van der Waals surface area contributed by atoms with Crippen molar-refractivity contribution in [3.8, 4) is 0 Å². The zero-order valence-electron chi connectivity index (χ0n) is 18.7. The average molecular weight is 430 g/mol. The Bertz CT molecular complexity index is 1000. The molecule has 0 aliphatic carbocycles. The number of likely N-dealkylation sites (tertiary alicyclic amines) is 1. The van der Waals surface area contributed by atoms with Gasteiger partial charge in [0.2, 0.25) is 0 Å². The van der Waals surface area contributed by atoms with Crippen molar-refractivity contribution in [3.05, 3.63) is 89.3 Å². The molecule has 0 unspecified atom stereocenters. The van der Waals surface area contributed by atoms with Gasteiger partial charge in [0.05, 0.1) is 11.3 Å². The summed E-state index contributed by atoms with van der Waals surface area (Å²) in [4.78, 5) is 28.6. The maximum atomic E-state index is 12.9. The Morgan fingerprint density at radius 3 is 2.56 bits per heavy atom. The van der Waals surface area contributed by atoms with E-state index < -0.39 is 0 Å². The van der Waals surface area contributed by atoms with E-state index in [0.29, 0.717) is 18.0 Å². The van der Waals surface area contributed by atoms with Crippen LogP contribution in [-0.2, 0) is 12.8 Å². The van der Waals surface area contributed by atoms with Gasteiger partial charge in [-0.05, 0) is 62.9 Å². The Kier molecular flexibility index (Phi) is 7.56. The van der Waals surface area contributed by atoms with Crippen LogP contribution in [0.1, 0.15) is 51.8 Å². The van der Waals surface area contributed by atoms with Crippen molar-refractivity contribution in [2.45, 2.75) is 38.5 Å². The molecular weight excluding hydrogens is 398 g/mol. The molecule has 3 aromatic rings. The van der Waals surface area contributed by atoms with E-state index in [1.807, 2.05) is 43.6 Å². The first-order chi connectivity index (χ1) is 15.7. The van der Waals surface area contributed by atoms with Gasteiger partial charge in [-0.15, -0.1) is 0 Å². The Balaban J connectivity index is 1.33. The number of hydrogen-bond acceptors (Lipinski definition) is 5. The average Bonchev–Trinajstić information content (AvgIpc) is 2.84. The molecule has 1 fully saturated rings. The molecule has 0 bridgehead atoms. The van der Waals surface area contributed by atoms with Gasteiger partial charge in [0.15, 0.2) is 0 Å². The van der Waals surface area contributed by atoms with Crippen molar-refractivity contribution in [3.63, 3.8) is 0 Å². The molecule has 4 rings (SSSR count). The van der Waals surface area contributed by atoms with E-state index in [2.05, 4.69) is 38.4 Å². The molecule has 6 heteroatoms. The van der Waals surface area contributed by atoms with Crippen LogP contribution in [0.4, 0.5) is 0 Å². The topological polar surface area (TPSA) is 71.0 Å². The third-order valence-corrected chi connectivity index (χ3v) is 6.14. The number of nitrogens with zero attached hydrogens (tertiary/aromatic N) is 4. The fourth-order valence-corrected chi connectivity index (χ4v) is 4.30. The van der Waals surface area contributed by atoms with Crippen LogP contribution in [0.5, 0.6) is 0 Å². The van der Waals surface area contributed by atoms with E-state index in [4.69, 9.17) is 4.98 Å². The number of pyridine rings is 1. The standard InChI is InChI=1S/C26H31N5O/c1-20-29-19-24(26(32)28-14-9-21-6-3-2-4-7-21)25(30-20)23-11-16-31(17-12-23)15-10-22-8-5-13-27-18-22/h2-8,13,18-19,23H,9-12,14-17H2,1H3,(H,28,32). The van der Waals surface area contributed by atoms with Crippen LogP contribution in [0.2, 0.25) is 0 Å². The van der Waals surface area contributed by atoms with Crippen molar-refractivity contribution in [2.75, 3.05) is 26.2 Å². The van der Waals surface area contributed by atoms with Gasteiger partial charge in [-0.25, -0.2) is 9.97 Å². The van der Waals surface area contributed by atoms with Crippen molar-refractivity contribution in [2.24, 2.45) is 0 Å². The normalized spacial score (nSPS) is 14.9. The molecule has 1 aromatic carbocycles. The minimum atomic E-state index is -0.0741. The Hall–Kier alpha value is -3.12. The van der Waals surface area contributed by atoms with E-state index in [-0.39, 0.29) is 5.91 Å². The largest absolute Gasteiger partial charge is 0.352 e. The summed E-state index contributed by atoms with van der Waals surface area (Å²) in [6, 6.07) is 14.3. The summed E-state index contributed by atoms with van der Waals surface area (Å²) < 4.78 is 0. The molecule has 32 heavy (non-hydrogen) atoms. The van der Waals surface area contributed by atoms with E-state index in [9.17, 15) is 4.79 Å². The fourth-order valence-electron chi connectivity index (χ4n) is 4.30. The second-order valence-corrected chi connectivity index (χ2v) is 8.43. The molecule has 0 radical (unpaired) electrons. The van der Waals surface area contributed by atoms with Crippen LogP contribution >= 0.6 is 0 Å². The number of nitrogens with one attached hydrogen (secondary N) is 1. The predicted octanol–water partition coefficient (Wildman–Crippen LogP) is 3.57. The second kappa shape index (κ2) is 11.0. The minimum absolute atomic E-state index is 0.0741. The highest BCUT2D eigenvalue weighted by atomic mass is 16.1. The van der Waals surface area contributed by atoms with Gasteiger partial charge in [0.25, 0.3) is 5.91 Å². The summed E-state index contributed by atoms with van der Waals surface area (Å²) in [7, 11) is 0. The van der Waals surface area contributed by atoms with E-state index in [1.54, 1.807) is 6.20 Å². The van der Waals surface area contributed by atoms with E-state index >= 15 is 0 Å². The number of piperidine rings is 1. The number of aromatic nitrogens is 3. The number of hydrogen-bond donors (Lipinski definition) is 1. The summed E-state index contributed by atoms with van der Waals surface area (Å²) >= 11 is 0. The summed E-state index contributed by atoms with van der Waals surface area (Å²) in [6.07, 6.45) is 9.29. The van der Waals surface area contributed by atoms with Crippen LogP contribution in [-0.4, -0.2) is 51.9 Å². The molecule has 6 nitrogen and oxygen atoms in total. The first-order valence-electron chi connectivity index (χ1n) is 11.5. The zero-order valence-corrected chi connectivity index (χ0v) is 18.7. The lowest BCUT2D eigenvalue weighted by atomic mass is 9.90. The van der Waals surface area contributed by atoms with Gasteiger partial charge in [0.1, 0.15) is 5.82 Å². The van der Waals surface area contributed by atoms with Gasteiger partial charge in [-0.3, -0.25) is 9.78 Å². The molecule has 1 aliphatic heterocycles. The lowest BCUT2D eigenvalue weighted by molar-refractivity contribution is 0.0950. The summed E-state index contributed by atoms with van der Waals surface area (Å²) in [5.41, 5.74) is 4.02.